The van der Waals surface area contributed by atoms with E-state index >= 15 is 0 Å². The first-order chi connectivity index (χ1) is 7.63. The van der Waals surface area contributed by atoms with Gasteiger partial charge in [-0.3, -0.25) is 4.79 Å². The van der Waals surface area contributed by atoms with E-state index < -0.39 is 5.97 Å². The summed E-state index contributed by atoms with van der Waals surface area (Å²) in [5.41, 5.74) is 2.84. The van der Waals surface area contributed by atoms with E-state index in [4.69, 9.17) is 22.2 Å². The molecule has 0 bridgehead atoms. The summed E-state index contributed by atoms with van der Waals surface area (Å²) >= 11 is 5.90. The SMILES string of the molecule is Cc1ccc(Cl)c(OCCC(=O)ONN)c1. The van der Waals surface area contributed by atoms with Gasteiger partial charge < -0.3 is 9.57 Å². The van der Waals surface area contributed by atoms with Crippen LogP contribution >= 0.6 is 11.6 Å². The Balaban J connectivity index is 2.42. The highest BCUT2D eigenvalue weighted by molar-refractivity contribution is 6.32. The average molecular weight is 245 g/mol. The molecule has 0 atom stereocenters. The van der Waals surface area contributed by atoms with Crippen molar-refractivity contribution in [3.8, 4) is 5.75 Å². The summed E-state index contributed by atoms with van der Waals surface area (Å²) in [6.45, 7) is 2.11. The van der Waals surface area contributed by atoms with Gasteiger partial charge in [-0.1, -0.05) is 23.3 Å². The van der Waals surface area contributed by atoms with Crippen molar-refractivity contribution in [1.82, 2.24) is 5.59 Å². The molecule has 0 saturated carbocycles. The molecule has 0 amide bonds. The van der Waals surface area contributed by atoms with Crippen LogP contribution < -0.4 is 16.2 Å². The Kier molecular flexibility index (Phi) is 5.04. The van der Waals surface area contributed by atoms with Crippen LogP contribution in [0.25, 0.3) is 0 Å². The van der Waals surface area contributed by atoms with Gasteiger partial charge in [-0.25, -0.2) is 5.84 Å². The first-order valence-corrected chi connectivity index (χ1v) is 5.05. The summed E-state index contributed by atoms with van der Waals surface area (Å²) in [5.74, 6) is 4.86. The Labute approximate surface area is 98.4 Å². The second-order valence-corrected chi connectivity index (χ2v) is 3.53. The number of nitrogens with two attached hydrogens (primary N) is 1. The van der Waals surface area contributed by atoms with Gasteiger partial charge in [0, 0.05) is 0 Å². The first kappa shape index (κ1) is 12.8. The van der Waals surface area contributed by atoms with E-state index in [1.165, 1.54) is 0 Å². The maximum Gasteiger partial charge on any atom is 0.329 e. The number of benzene rings is 1. The lowest BCUT2D eigenvalue weighted by atomic mass is 10.2. The fourth-order valence-corrected chi connectivity index (χ4v) is 1.25. The van der Waals surface area contributed by atoms with E-state index in [-0.39, 0.29) is 13.0 Å². The molecule has 0 spiro atoms. The highest BCUT2D eigenvalue weighted by Crippen LogP contribution is 2.25. The fraction of sp³-hybridized carbons (Fsp3) is 0.300. The predicted molar refractivity (Wildman–Crippen MR) is 59.7 cm³/mol. The van der Waals surface area contributed by atoms with Gasteiger partial charge in [0.2, 0.25) is 0 Å². The molecule has 0 aromatic heterocycles. The van der Waals surface area contributed by atoms with E-state index in [1.807, 2.05) is 13.0 Å². The molecule has 0 radical (unpaired) electrons. The first-order valence-electron chi connectivity index (χ1n) is 4.67. The van der Waals surface area contributed by atoms with E-state index in [9.17, 15) is 4.79 Å². The zero-order valence-electron chi connectivity index (χ0n) is 8.83. The Morgan fingerprint density at radius 3 is 3.00 bits per heavy atom. The molecule has 3 N–H and O–H groups in total. The van der Waals surface area contributed by atoms with E-state index in [0.29, 0.717) is 10.8 Å². The monoisotopic (exact) mass is 244 g/mol. The van der Waals surface area contributed by atoms with Crippen LogP contribution in [0.1, 0.15) is 12.0 Å². The number of halogens is 1. The van der Waals surface area contributed by atoms with Gasteiger partial charge in [0.15, 0.2) is 0 Å². The molecule has 6 heteroatoms. The number of hydrogen-bond acceptors (Lipinski definition) is 5. The molecule has 0 fully saturated rings. The normalized spacial score (nSPS) is 9.94. The topological polar surface area (TPSA) is 73.6 Å². The molecule has 0 aliphatic rings. The largest absolute Gasteiger partial charge is 0.491 e. The third kappa shape index (κ3) is 4.06. The quantitative estimate of drug-likeness (QED) is 0.604. The molecule has 0 aliphatic carbocycles. The molecule has 16 heavy (non-hydrogen) atoms. The molecule has 0 unspecified atom stereocenters. The van der Waals surface area contributed by atoms with Gasteiger partial charge in [0.05, 0.1) is 18.1 Å². The second-order valence-electron chi connectivity index (χ2n) is 3.12. The minimum absolute atomic E-state index is 0.0917. The van der Waals surface area contributed by atoms with Gasteiger partial charge >= 0.3 is 5.97 Å². The Morgan fingerprint density at radius 2 is 2.31 bits per heavy atom. The summed E-state index contributed by atoms with van der Waals surface area (Å²) in [7, 11) is 0. The molecule has 1 aromatic carbocycles. The van der Waals surface area contributed by atoms with Crippen LogP contribution in [-0.2, 0) is 9.63 Å². The maximum atomic E-state index is 10.9. The van der Waals surface area contributed by atoms with Crippen molar-refractivity contribution in [1.29, 1.82) is 0 Å². The Hall–Kier alpha value is -1.30. The van der Waals surface area contributed by atoms with E-state index in [0.717, 1.165) is 5.56 Å². The Morgan fingerprint density at radius 1 is 1.56 bits per heavy atom. The molecule has 0 heterocycles. The molecule has 1 aromatic rings. The molecule has 5 nitrogen and oxygen atoms in total. The molecule has 1 rings (SSSR count). The number of rotatable bonds is 5. The third-order valence-electron chi connectivity index (χ3n) is 1.82. The zero-order valence-corrected chi connectivity index (χ0v) is 9.58. The summed E-state index contributed by atoms with van der Waals surface area (Å²) in [6.07, 6.45) is 0.0917. The van der Waals surface area contributed by atoms with E-state index in [2.05, 4.69) is 4.84 Å². The lowest BCUT2D eigenvalue weighted by molar-refractivity contribution is -0.151. The number of aryl methyl sites for hydroxylation is 1. The van der Waals surface area contributed by atoms with Gasteiger partial charge in [0.1, 0.15) is 5.75 Å². The van der Waals surface area contributed by atoms with Crippen LogP contribution in [0.5, 0.6) is 5.75 Å². The van der Waals surface area contributed by atoms with Crippen molar-refractivity contribution in [3.63, 3.8) is 0 Å². The standard InChI is InChI=1S/C10H13ClN2O3/c1-7-2-3-8(11)9(6-7)15-5-4-10(14)16-13-12/h2-3,6,13H,4-5,12H2,1H3. The number of carbonyl (C=O) groups excluding carboxylic acids is 1. The van der Waals surface area contributed by atoms with Crippen molar-refractivity contribution >= 4 is 17.6 Å². The summed E-state index contributed by atoms with van der Waals surface area (Å²) in [6, 6.07) is 5.42. The number of ether oxygens (including phenoxy) is 1. The summed E-state index contributed by atoms with van der Waals surface area (Å²) < 4.78 is 5.33. The van der Waals surface area contributed by atoms with Gasteiger partial charge in [-0.05, 0) is 24.6 Å². The van der Waals surface area contributed by atoms with Gasteiger partial charge in [-0.2, -0.15) is 0 Å². The maximum absolute atomic E-state index is 10.9. The van der Waals surface area contributed by atoms with Crippen LogP contribution in [0.2, 0.25) is 5.02 Å². The lowest BCUT2D eigenvalue weighted by Gasteiger charge is -2.08. The fourth-order valence-electron chi connectivity index (χ4n) is 1.08. The third-order valence-corrected chi connectivity index (χ3v) is 2.14. The van der Waals surface area contributed by atoms with E-state index in [1.54, 1.807) is 17.7 Å². The van der Waals surface area contributed by atoms with Crippen LogP contribution in [-0.4, -0.2) is 12.6 Å². The minimum atomic E-state index is -0.494. The molecule has 0 saturated heterocycles. The molecule has 0 aliphatic heterocycles. The van der Waals surface area contributed by atoms with Crippen molar-refractivity contribution in [2.45, 2.75) is 13.3 Å². The highest BCUT2D eigenvalue weighted by Gasteiger charge is 2.05. The summed E-state index contributed by atoms with van der Waals surface area (Å²) in [4.78, 5) is 15.2. The molecule has 88 valence electrons. The minimum Gasteiger partial charge on any atom is -0.491 e. The van der Waals surface area contributed by atoms with Crippen molar-refractivity contribution in [2.24, 2.45) is 5.84 Å². The lowest BCUT2D eigenvalue weighted by Crippen LogP contribution is -2.26. The number of nitrogens with one attached hydrogen (secondary N) is 1. The van der Waals surface area contributed by atoms with Crippen LogP contribution in [0.4, 0.5) is 0 Å². The molecular formula is C10H13ClN2O3. The average Bonchev–Trinajstić information content (AvgIpc) is 2.23. The van der Waals surface area contributed by atoms with Crippen molar-refractivity contribution in [3.05, 3.63) is 28.8 Å². The second kappa shape index (κ2) is 6.32. The summed E-state index contributed by atoms with van der Waals surface area (Å²) in [5, 5.41) is 0.510. The number of carbonyl (C=O) groups is 1. The van der Waals surface area contributed by atoms with Gasteiger partial charge in [-0.15, -0.1) is 0 Å². The highest BCUT2D eigenvalue weighted by atomic mass is 35.5. The van der Waals surface area contributed by atoms with Gasteiger partial charge in [0.25, 0.3) is 0 Å². The zero-order chi connectivity index (χ0) is 12.0. The van der Waals surface area contributed by atoms with Crippen LogP contribution in [0.15, 0.2) is 18.2 Å². The molecular weight excluding hydrogens is 232 g/mol. The van der Waals surface area contributed by atoms with Crippen molar-refractivity contribution in [2.75, 3.05) is 6.61 Å². The number of hydrazine groups is 1. The van der Waals surface area contributed by atoms with Crippen molar-refractivity contribution < 1.29 is 14.4 Å². The smallest absolute Gasteiger partial charge is 0.329 e. The van der Waals surface area contributed by atoms with Crippen LogP contribution in [0.3, 0.4) is 0 Å². The Bertz CT molecular complexity index is 371. The van der Waals surface area contributed by atoms with Crippen LogP contribution in [0, 0.1) is 6.92 Å². The number of hydrogen-bond donors (Lipinski definition) is 2. The predicted octanol–water partition coefficient (Wildman–Crippen LogP) is 1.34.